The van der Waals surface area contributed by atoms with Crippen molar-refractivity contribution in [2.75, 3.05) is 31.6 Å². The topological polar surface area (TPSA) is 12.5 Å². The smallest absolute Gasteiger partial charge is 0.0576 e. The van der Waals surface area contributed by atoms with E-state index >= 15 is 0 Å². The first-order valence-corrected chi connectivity index (χ1v) is 7.39. The number of hydrogen-bond donors (Lipinski definition) is 0. The van der Waals surface area contributed by atoms with Crippen molar-refractivity contribution in [3.05, 3.63) is 0 Å². The Kier molecular flexibility index (Phi) is 7.67. The fourth-order valence-electron chi connectivity index (χ4n) is 2.13. The predicted molar refractivity (Wildman–Crippen MR) is 68.7 cm³/mol. The highest BCUT2D eigenvalue weighted by molar-refractivity contribution is 9.09. The molecule has 1 rings (SSSR count). The third-order valence-corrected chi connectivity index (χ3v) is 3.64. The SMILES string of the molecule is CCN(CCCBr)CCCC1CCCO1. The fourth-order valence-corrected chi connectivity index (χ4v) is 2.38. The Bertz CT molecular complexity index is 149. The van der Waals surface area contributed by atoms with Crippen LogP contribution in [0.5, 0.6) is 0 Å². The van der Waals surface area contributed by atoms with E-state index in [-0.39, 0.29) is 0 Å². The van der Waals surface area contributed by atoms with Gasteiger partial charge in [-0.05, 0) is 51.7 Å². The Morgan fingerprint density at radius 1 is 1.33 bits per heavy atom. The predicted octanol–water partition coefficient (Wildman–Crippen LogP) is 3.05. The molecule has 0 bridgehead atoms. The van der Waals surface area contributed by atoms with Crippen LogP contribution in [0.2, 0.25) is 0 Å². The molecule has 3 heteroatoms. The van der Waals surface area contributed by atoms with Gasteiger partial charge in [-0.25, -0.2) is 0 Å². The summed E-state index contributed by atoms with van der Waals surface area (Å²) in [4.78, 5) is 2.54. The fraction of sp³-hybridized carbons (Fsp3) is 1.00. The van der Waals surface area contributed by atoms with Crippen LogP contribution in [0, 0.1) is 0 Å². The van der Waals surface area contributed by atoms with Crippen LogP contribution in [-0.2, 0) is 4.74 Å². The highest BCUT2D eigenvalue weighted by Gasteiger charge is 2.14. The average molecular weight is 278 g/mol. The Labute approximate surface area is 102 Å². The maximum Gasteiger partial charge on any atom is 0.0576 e. The van der Waals surface area contributed by atoms with Crippen LogP contribution in [-0.4, -0.2) is 42.6 Å². The van der Waals surface area contributed by atoms with E-state index in [4.69, 9.17) is 4.74 Å². The maximum absolute atomic E-state index is 5.62. The van der Waals surface area contributed by atoms with Crippen LogP contribution in [0.4, 0.5) is 0 Å². The van der Waals surface area contributed by atoms with Crippen molar-refractivity contribution in [3.63, 3.8) is 0 Å². The van der Waals surface area contributed by atoms with Gasteiger partial charge in [0.25, 0.3) is 0 Å². The summed E-state index contributed by atoms with van der Waals surface area (Å²) in [5.74, 6) is 0. The zero-order valence-corrected chi connectivity index (χ0v) is 11.5. The summed E-state index contributed by atoms with van der Waals surface area (Å²) in [6, 6.07) is 0. The van der Waals surface area contributed by atoms with E-state index < -0.39 is 0 Å². The molecule has 0 saturated carbocycles. The minimum Gasteiger partial charge on any atom is -0.378 e. The summed E-state index contributed by atoms with van der Waals surface area (Å²) in [5.41, 5.74) is 0. The molecule has 0 aliphatic carbocycles. The first kappa shape index (κ1) is 13.5. The molecule has 0 N–H and O–H groups in total. The quantitative estimate of drug-likeness (QED) is 0.633. The Morgan fingerprint density at radius 2 is 2.13 bits per heavy atom. The molecule has 15 heavy (non-hydrogen) atoms. The van der Waals surface area contributed by atoms with Gasteiger partial charge < -0.3 is 9.64 Å². The van der Waals surface area contributed by atoms with E-state index in [0.29, 0.717) is 6.10 Å². The highest BCUT2D eigenvalue weighted by Crippen LogP contribution is 2.16. The summed E-state index contributed by atoms with van der Waals surface area (Å²) in [7, 11) is 0. The number of halogens is 1. The minimum atomic E-state index is 0.569. The van der Waals surface area contributed by atoms with Gasteiger partial charge in [-0.2, -0.15) is 0 Å². The van der Waals surface area contributed by atoms with Crippen molar-refractivity contribution in [1.82, 2.24) is 4.90 Å². The van der Waals surface area contributed by atoms with Gasteiger partial charge in [-0.3, -0.25) is 0 Å². The number of hydrogen-bond acceptors (Lipinski definition) is 2. The van der Waals surface area contributed by atoms with Gasteiger partial charge in [-0.15, -0.1) is 0 Å². The third kappa shape index (κ3) is 5.88. The normalized spacial score (nSPS) is 21.4. The molecule has 90 valence electrons. The van der Waals surface area contributed by atoms with Crippen LogP contribution >= 0.6 is 15.9 Å². The lowest BCUT2D eigenvalue weighted by atomic mass is 10.1. The second kappa shape index (κ2) is 8.54. The van der Waals surface area contributed by atoms with E-state index in [0.717, 1.165) is 11.9 Å². The Morgan fingerprint density at radius 3 is 2.73 bits per heavy atom. The van der Waals surface area contributed by atoms with Crippen LogP contribution < -0.4 is 0 Å². The van der Waals surface area contributed by atoms with Crippen LogP contribution in [0.25, 0.3) is 0 Å². The van der Waals surface area contributed by atoms with Gasteiger partial charge in [0.05, 0.1) is 6.10 Å². The first-order valence-electron chi connectivity index (χ1n) is 6.26. The molecule has 0 amide bonds. The van der Waals surface area contributed by atoms with Crippen LogP contribution in [0.3, 0.4) is 0 Å². The molecule has 0 spiro atoms. The van der Waals surface area contributed by atoms with E-state index in [1.807, 2.05) is 0 Å². The minimum absolute atomic E-state index is 0.569. The Balaban J connectivity index is 2.00. The van der Waals surface area contributed by atoms with Gasteiger partial charge in [0, 0.05) is 11.9 Å². The molecule has 0 aromatic heterocycles. The molecule has 1 saturated heterocycles. The molecule has 0 aromatic carbocycles. The molecule has 1 aliphatic heterocycles. The lowest BCUT2D eigenvalue weighted by Gasteiger charge is -2.20. The summed E-state index contributed by atoms with van der Waals surface area (Å²) in [6.45, 7) is 6.89. The van der Waals surface area contributed by atoms with Crippen molar-refractivity contribution < 1.29 is 4.74 Å². The van der Waals surface area contributed by atoms with Gasteiger partial charge in [-0.1, -0.05) is 22.9 Å². The van der Waals surface area contributed by atoms with E-state index in [1.54, 1.807) is 0 Å². The summed E-state index contributed by atoms with van der Waals surface area (Å²) in [5, 5.41) is 1.12. The molecule has 1 heterocycles. The zero-order chi connectivity index (χ0) is 10.9. The first-order chi connectivity index (χ1) is 7.36. The van der Waals surface area contributed by atoms with Gasteiger partial charge in [0.15, 0.2) is 0 Å². The average Bonchev–Trinajstić information content (AvgIpc) is 2.76. The molecular weight excluding hydrogens is 254 g/mol. The molecule has 1 atom stereocenters. The van der Waals surface area contributed by atoms with E-state index in [1.165, 1.54) is 51.7 Å². The maximum atomic E-state index is 5.62. The largest absolute Gasteiger partial charge is 0.378 e. The standard InChI is InChI=1S/C12H24BrNO/c1-2-14(10-5-8-13)9-3-6-12-7-4-11-15-12/h12H,2-11H2,1H3. The summed E-state index contributed by atoms with van der Waals surface area (Å²) >= 11 is 3.48. The lowest BCUT2D eigenvalue weighted by molar-refractivity contribution is 0.0989. The third-order valence-electron chi connectivity index (χ3n) is 3.08. The number of nitrogens with zero attached hydrogens (tertiary/aromatic N) is 1. The molecule has 0 aromatic rings. The van der Waals surface area contributed by atoms with E-state index in [2.05, 4.69) is 27.8 Å². The van der Waals surface area contributed by atoms with E-state index in [9.17, 15) is 0 Å². The van der Waals surface area contributed by atoms with Gasteiger partial charge in [0.1, 0.15) is 0 Å². The summed E-state index contributed by atoms with van der Waals surface area (Å²) < 4.78 is 5.62. The number of alkyl halides is 1. The van der Waals surface area contributed by atoms with Crippen molar-refractivity contribution in [2.24, 2.45) is 0 Å². The molecule has 0 radical (unpaired) electrons. The molecule has 1 unspecified atom stereocenters. The van der Waals surface area contributed by atoms with Crippen molar-refractivity contribution >= 4 is 15.9 Å². The Hall–Kier alpha value is 0.400. The molecular formula is C12H24BrNO. The highest BCUT2D eigenvalue weighted by atomic mass is 79.9. The second-order valence-corrected chi connectivity index (χ2v) is 5.05. The number of rotatable bonds is 8. The number of ether oxygens (including phenoxy) is 1. The van der Waals surface area contributed by atoms with Gasteiger partial charge >= 0.3 is 0 Å². The lowest BCUT2D eigenvalue weighted by Crippen LogP contribution is -2.26. The molecule has 2 nitrogen and oxygen atoms in total. The van der Waals surface area contributed by atoms with Crippen molar-refractivity contribution in [2.45, 2.75) is 45.1 Å². The van der Waals surface area contributed by atoms with Crippen LogP contribution in [0.1, 0.15) is 39.0 Å². The van der Waals surface area contributed by atoms with Crippen molar-refractivity contribution in [1.29, 1.82) is 0 Å². The van der Waals surface area contributed by atoms with Crippen LogP contribution in [0.15, 0.2) is 0 Å². The van der Waals surface area contributed by atoms with Gasteiger partial charge in [0.2, 0.25) is 0 Å². The monoisotopic (exact) mass is 277 g/mol. The van der Waals surface area contributed by atoms with Crippen molar-refractivity contribution in [3.8, 4) is 0 Å². The zero-order valence-electron chi connectivity index (χ0n) is 9.88. The molecule has 1 aliphatic rings. The molecule has 1 fully saturated rings. The summed E-state index contributed by atoms with van der Waals surface area (Å²) in [6.07, 6.45) is 6.93. The second-order valence-electron chi connectivity index (χ2n) is 4.25.